The Bertz CT molecular complexity index is 314. The van der Waals surface area contributed by atoms with Crippen LogP contribution < -0.4 is 5.32 Å². The molecule has 0 heterocycles. The molecule has 0 spiro atoms. The van der Waals surface area contributed by atoms with Gasteiger partial charge in [0.15, 0.2) is 0 Å². The SMILES string of the molecule is O=C(Nc1ccccc1F)C(F)F. The highest BCUT2D eigenvalue weighted by Gasteiger charge is 2.16. The van der Waals surface area contributed by atoms with Crippen LogP contribution in [0.3, 0.4) is 0 Å². The number of anilines is 1. The average molecular weight is 189 g/mol. The third-order valence-corrected chi connectivity index (χ3v) is 1.33. The molecule has 1 aromatic rings. The molecule has 0 fully saturated rings. The zero-order chi connectivity index (χ0) is 9.84. The van der Waals surface area contributed by atoms with Crippen LogP contribution in [0.4, 0.5) is 18.9 Å². The third-order valence-electron chi connectivity index (χ3n) is 1.33. The van der Waals surface area contributed by atoms with Gasteiger partial charge in [-0.25, -0.2) is 4.39 Å². The Morgan fingerprint density at radius 2 is 1.92 bits per heavy atom. The topological polar surface area (TPSA) is 29.1 Å². The van der Waals surface area contributed by atoms with Crippen LogP contribution in [0.25, 0.3) is 0 Å². The zero-order valence-electron chi connectivity index (χ0n) is 6.43. The molecular weight excluding hydrogens is 183 g/mol. The second-order valence-corrected chi connectivity index (χ2v) is 2.27. The number of nitrogens with one attached hydrogen (secondary N) is 1. The van der Waals surface area contributed by atoms with Crippen molar-refractivity contribution in [1.82, 2.24) is 0 Å². The van der Waals surface area contributed by atoms with E-state index in [2.05, 4.69) is 0 Å². The minimum Gasteiger partial charge on any atom is -0.319 e. The highest BCUT2D eigenvalue weighted by atomic mass is 19.3. The van der Waals surface area contributed by atoms with Gasteiger partial charge < -0.3 is 5.32 Å². The van der Waals surface area contributed by atoms with Crippen LogP contribution in [0.2, 0.25) is 0 Å². The average Bonchev–Trinajstić information content (AvgIpc) is 2.08. The molecule has 5 heteroatoms. The summed E-state index contributed by atoms with van der Waals surface area (Å²) in [5.41, 5.74) is -0.243. The number of amides is 1. The molecule has 0 aliphatic rings. The summed E-state index contributed by atoms with van der Waals surface area (Å²) in [6.07, 6.45) is -3.14. The number of carbonyl (C=O) groups is 1. The number of hydrogen-bond acceptors (Lipinski definition) is 1. The maximum absolute atomic E-state index is 12.8. The lowest BCUT2D eigenvalue weighted by atomic mass is 10.3. The molecule has 0 aromatic heterocycles. The third kappa shape index (κ3) is 2.47. The number of para-hydroxylation sites is 1. The second kappa shape index (κ2) is 3.93. The van der Waals surface area contributed by atoms with Crippen LogP contribution in [-0.2, 0) is 4.79 Å². The van der Waals surface area contributed by atoms with E-state index in [4.69, 9.17) is 0 Å². The fourth-order valence-electron chi connectivity index (χ4n) is 0.750. The fourth-order valence-corrected chi connectivity index (χ4v) is 0.750. The largest absolute Gasteiger partial charge is 0.319 e. The van der Waals surface area contributed by atoms with E-state index in [-0.39, 0.29) is 5.69 Å². The lowest BCUT2D eigenvalue weighted by molar-refractivity contribution is -0.126. The molecule has 0 atom stereocenters. The van der Waals surface area contributed by atoms with Crippen LogP contribution in [0.15, 0.2) is 24.3 Å². The first-order chi connectivity index (χ1) is 6.11. The molecule has 2 nitrogen and oxygen atoms in total. The van der Waals surface area contributed by atoms with Gasteiger partial charge >= 0.3 is 6.43 Å². The van der Waals surface area contributed by atoms with E-state index in [0.29, 0.717) is 0 Å². The van der Waals surface area contributed by atoms with Gasteiger partial charge in [-0.3, -0.25) is 4.79 Å². The summed E-state index contributed by atoms with van der Waals surface area (Å²) in [5, 5.41) is 1.75. The summed E-state index contributed by atoms with van der Waals surface area (Å²) in [5.74, 6) is -2.25. The van der Waals surface area contributed by atoms with Crippen LogP contribution in [0, 0.1) is 5.82 Å². The van der Waals surface area contributed by atoms with E-state index in [0.717, 1.165) is 6.07 Å². The molecule has 1 aromatic carbocycles. The van der Waals surface area contributed by atoms with Gasteiger partial charge in [-0.05, 0) is 12.1 Å². The predicted octanol–water partition coefficient (Wildman–Crippen LogP) is 2.03. The Labute approximate surface area is 72.4 Å². The van der Waals surface area contributed by atoms with Crippen molar-refractivity contribution in [3.8, 4) is 0 Å². The van der Waals surface area contributed by atoms with Crippen molar-refractivity contribution in [2.75, 3.05) is 5.32 Å². The molecular formula is C8H6F3NO. The van der Waals surface area contributed by atoms with Crippen molar-refractivity contribution in [2.45, 2.75) is 6.43 Å². The van der Waals surface area contributed by atoms with E-state index in [9.17, 15) is 18.0 Å². The number of benzene rings is 1. The summed E-state index contributed by atoms with van der Waals surface area (Å²) in [7, 11) is 0. The van der Waals surface area contributed by atoms with E-state index < -0.39 is 18.1 Å². The van der Waals surface area contributed by atoms with Crippen LogP contribution in [0.5, 0.6) is 0 Å². The number of halogens is 3. The Balaban J connectivity index is 2.75. The first-order valence-corrected chi connectivity index (χ1v) is 3.45. The minimum absolute atomic E-state index is 0.243. The van der Waals surface area contributed by atoms with Crippen molar-refractivity contribution in [1.29, 1.82) is 0 Å². The number of rotatable bonds is 2. The highest BCUT2D eigenvalue weighted by molar-refractivity contribution is 5.93. The number of hydrogen-bond donors (Lipinski definition) is 1. The fraction of sp³-hybridized carbons (Fsp3) is 0.125. The summed E-state index contributed by atoms with van der Waals surface area (Å²) in [6.45, 7) is 0. The first-order valence-electron chi connectivity index (χ1n) is 3.45. The van der Waals surface area contributed by atoms with Gasteiger partial charge in [-0.2, -0.15) is 8.78 Å². The van der Waals surface area contributed by atoms with Crippen molar-refractivity contribution < 1.29 is 18.0 Å². The van der Waals surface area contributed by atoms with Crippen molar-refractivity contribution >= 4 is 11.6 Å². The van der Waals surface area contributed by atoms with Crippen molar-refractivity contribution in [2.24, 2.45) is 0 Å². The Hall–Kier alpha value is -1.52. The Kier molecular flexibility index (Phi) is 2.89. The molecule has 0 unspecified atom stereocenters. The zero-order valence-corrected chi connectivity index (χ0v) is 6.43. The second-order valence-electron chi connectivity index (χ2n) is 2.27. The van der Waals surface area contributed by atoms with Gasteiger partial charge in [0.2, 0.25) is 0 Å². The van der Waals surface area contributed by atoms with E-state index in [1.807, 2.05) is 0 Å². The molecule has 1 amide bonds. The monoisotopic (exact) mass is 189 g/mol. The maximum Gasteiger partial charge on any atom is 0.315 e. The van der Waals surface area contributed by atoms with Crippen LogP contribution in [-0.4, -0.2) is 12.3 Å². The van der Waals surface area contributed by atoms with Crippen LogP contribution >= 0.6 is 0 Å². The molecule has 0 radical (unpaired) electrons. The van der Waals surface area contributed by atoms with Crippen molar-refractivity contribution in [3.05, 3.63) is 30.1 Å². The maximum atomic E-state index is 12.8. The van der Waals surface area contributed by atoms with E-state index in [1.165, 1.54) is 18.2 Å². The summed E-state index contributed by atoms with van der Waals surface area (Å²) >= 11 is 0. The van der Waals surface area contributed by atoms with Gasteiger partial charge in [-0.1, -0.05) is 12.1 Å². The minimum atomic E-state index is -3.14. The Morgan fingerprint density at radius 3 is 2.46 bits per heavy atom. The molecule has 0 saturated carbocycles. The molecule has 1 rings (SSSR count). The van der Waals surface area contributed by atoms with E-state index in [1.54, 1.807) is 5.32 Å². The van der Waals surface area contributed by atoms with Crippen molar-refractivity contribution in [3.63, 3.8) is 0 Å². The number of alkyl halides is 2. The molecule has 0 aliphatic carbocycles. The molecule has 13 heavy (non-hydrogen) atoms. The lowest BCUT2D eigenvalue weighted by Gasteiger charge is -2.04. The lowest BCUT2D eigenvalue weighted by Crippen LogP contribution is -2.20. The van der Waals surface area contributed by atoms with Gasteiger partial charge in [0.25, 0.3) is 5.91 Å². The molecule has 0 saturated heterocycles. The van der Waals surface area contributed by atoms with Crippen LogP contribution in [0.1, 0.15) is 0 Å². The summed E-state index contributed by atoms with van der Waals surface area (Å²) in [4.78, 5) is 10.4. The van der Waals surface area contributed by atoms with Gasteiger partial charge in [0.05, 0.1) is 5.69 Å². The molecule has 0 aliphatic heterocycles. The molecule has 1 N–H and O–H groups in total. The van der Waals surface area contributed by atoms with Gasteiger partial charge in [-0.15, -0.1) is 0 Å². The summed E-state index contributed by atoms with van der Waals surface area (Å²) < 4.78 is 36.2. The highest BCUT2D eigenvalue weighted by Crippen LogP contribution is 2.12. The van der Waals surface area contributed by atoms with E-state index >= 15 is 0 Å². The smallest absolute Gasteiger partial charge is 0.315 e. The summed E-state index contributed by atoms with van der Waals surface area (Å²) in [6, 6.07) is 5.11. The Morgan fingerprint density at radius 1 is 1.31 bits per heavy atom. The normalized spacial score (nSPS) is 10.2. The first kappa shape index (κ1) is 9.57. The standard InChI is InChI=1S/C8H6F3NO/c9-5-3-1-2-4-6(5)12-8(13)7(10)11/h1-4,7H,(H,12,13). The number of carbonyl (C=O) groups excluding carboxylic acids is 1. The van der Waals surface area contributed by atoms with Gasteiger partial charge in [0, 0.05) is 0 Å². The molecule has 70 valence electrons. The van der Waals surface area contributed by atoms with Gasteiger partial charge in [0.1, 0.15) is 5.82 Å². The molecule has 0 bridgehead atoms. The predicted molar refractivity (Wildman–Crippen MR) is 41.0 cm³/mol. The quantitative estimate of drug-likeness (QED) is 0.757.